The van der Waals surface area contributed by atoms with Crippen LogP contribution >= 0.6 is 11.8 Å². The van der Waals surface area contributed by atoms with Gasteiger partial charge in [-0.05, 0) is 23.4 Å². The van der Waals surface area contributed by atoms with Gasteiger partial charge in [0.1, 0.15) is 5.75 Å². The van der Waals surface area contributed by atoms with Crippen molar-refractivity contribution in [2.24, 2.45) is 7.05 Å². The molecule has 1 aromatic heterocycles. The van der Waals surface area contributed by atoms with Crippen molar-refractivity contribution in [2.45, 2.75) is 18.1 Å². The number of ether oxygens (including phenoxy) is 1. The predicted octanol–water partition coefficient (Wildman–Crippen LogP) is 0.647. The normalized spacial score (nSPS) is 13.0. The van der Waals surface area contributed by atoms with Crippen LogP contribution in [0.1, 0.15) is 11.1 Å². The quantitative estimate of drug-likeness (QED) is 0.779. The van der Waals surface area contributed by atoms with Crippen molar-refractivity contribution in [2.75, 3.05) is 12.9 Å². The first-order chi connectivity index (χ1) is 10.1. The lowest BCUT2D eigenvalue weighted by Gasteiger charge is -2.11. The number of aromatic nitrogens is 3. The van der Waals surface area contributed by atoms with E-state index >= 15 is 0 Å². The van der Waals surface area contributed by atoms with Crippen LogP contribution in [-0.2, 0) is 20.0 Å². The molecule has 0 bridgehead atoms. The molecule has 0 radical (unpaired) electrons. The van der Waals surface area contributed by atoms with Crippen LogP contribution in [0.2, 0.25) is 0 Å². The fraction of sp³-hybridized carbons (Fsp3) is 0.357. The lowest BCUT2D eigenvalue weighted by Crippen LogP contribution is -2.40. The maximum absolute atomic E-state index is 12.3. The first-order valence-corrected chi connectivity index (χ1v) is 7.79. The second-order valence-corrected chi connectivity index (χ2v) is 5.62. The summed E-state index contributed by atoms with van der Waals surface area (Å²) in [4.78, 5) is 27.8. The Morgan fingerprint density at radius 2 is 2.19 bits per heavy atom. The molecule has 2 heterocycles. The highest BCUT2D eigenvalue weighted by Crippen LogP contribution is 2.26. The highest BCUT2D eigenvalue weighted by atomic mass is 32.2. The summed E-state index contributed by atoms with van der Waals surface area (Å²) in [5.74, 6) is 0.912. The average Bonchev–Trinajstić information content (AvgIpc) is 2.95. The van der Waals surface area contributed by atoms with Gasteiger partial charge in [-0.3, -0.25) is 4.57 Å². The summed E-state index contributed by atoms with van der Waals surface area (Å²) in [5.41, 5.74) is 1.28. The molecule has 0 spiro atoms. The molecule has 1 aromatic carbocycles. The second kappa shape index (κ2) is 5.40. The van der Waals surface area contributed by atoms with E-state index in [1.165, 1.54) is 23.4 Å². The lowest BCUT2D eigenvalue weighted by atomic mass is 10.1. The van der Waals surface area contributed by atoms with Gasteiger partial charge in [0.25, 0.3) is 0 Å². The molecule has 110 valence electrons. The monoisotopic (exact) mass is 305 g/mol. The fourth-order valence-corrected chi connectivity index (χ4v) is 2.91. The first-order valence-electron chi connectivity index (χ1n) is 6.56. The van der Waals surface area contributed by atoms with Crippen LogP contribution in [0.25, 0.3) is 0 Å². The number of fused-ring (bicyclic) bond motifs is 1. The number of thioether (sulfide) groups is 1. The summed E-state index contributed by atoms with van der Waals surface area (Å²) in [7, 11) is 1.44. The molecule has 2 aromatic rings. The first kappa shape index (κ1) is 13.9. The SMILES string of the molecule is CSc1nc(=O)n(C)c(=O)n1Cc1ccc2c(c1)CCO2. The van der Waals surface area contributed by atoms with E-state index in [2.05, 4.69) is 4.98 Å². The molecule has 3 rings (SSSR count). The third-order valence-corrected chi connectivity index (χ3v) is 4.18. The van der Waals surface area contributed by atoms with Crippen molar-refractivity contribution in [1.82, 2.24) is 14.1 Å². The van der Waals surface area contributed by atoms with Crippen LogP contribution in [0.3, 0.4) is 0 Å². The van der Waals surface area contributed by atoms with Crippen molar-refractivity contribution in [3.05, 3.63) is 50.3 Å². The van der Waals surface area contributed by atoms with Crippen molar-refractivity contribution in [3.63, 3.8) is 0 Å². The van der Waals surface area contributed by atoms with Gasteiger partial charge in [-0.25, -0.2) is 14.2 Å². The van der Waals surface area contributed by atoms with Crippen LogP contribution in [0.15, 0.2) is 32.9 Å². The Morgan fingerprint density at radius 3 is 2.95 bits per heavy atom. The van der Waals surface area contributed by atoms with Gasteiger partial charge in [0, 0.05) is 13.5 Å². The minimum absolute atomic E-state index is 0.351. The largest absolute Gasteiger partial charge is 0.493 e. The lowest BCUT2D eigenvalue weighted by molar-refractivity contribution is 0.357. The van der Waals surface area contributed by atoms with Gasteiger partial charge in [-0.1, -0.05) is 23.9 Å². The Kier molecular flexibility index (Phi) is 3.59. The Labute approximate surface area is 125 Å². The summed E-state index contributed by atoms with van der Waals surface area (Å²) in [6.45, 7) is 1.10. The van der Waals surface area contributed by atoms with Crippen LogP contribution in [0.5, 0.6) is 5.75 Å². The van der Waals surface area contributed by atoms with E-state index in [0.29, 0.717) is 18.3 Å². The zero-order valence-electron chi connectivity index (χ0n) is 11.8. The van der Waals surface area contributed by atoms with Crippen LogP contribution in [0.4, 0.5) is 0 Å². The van der Waals surface area contributed by atoms with Gasteiger partial charge in [-0.15, -0.1) is 0 Å². The van der Waals surface area contributed by atoms with E-state index in [-0.39, 0.29) is 5.69 Å². The van der Waals surface area contributed by atoms with Crippen molar-refractivity contribution in [3.8, 4) is 5.75 Å². The molecule has 0 atom stereocenters. The third kappa shape index (κ3) is 2.49. The standard InChI is InChI=1S/C14H15N3O3S/c1-16-12(18)15-13(21-2)17(14(16)19)8-9-3-4-11-10(7-9)5-6-20-11/h3-4,7H,5-6,8H2,1-2H3. The number of rotatable bonds is 3. The minimum atomic E-state index is -0.525. The van der Waals surface area contributed by atoms with Gasteiger partial charge in [0.2, 0.25) is 0 Å². The third-order valence-electron chi connectivity index (χ3n) is 3.50. The number of hydrogen-bond acceptors (Lipinski definition) is 5. The van der Waals surface area contributed by atoms with E-state index < -0.39 is 5.69 Å². The molecule has 0 saturated heterocycles. The molecule has 0 N–H and O–H groups in total. The maximum Gasteiger partial charge on any atom is 0.353 e. The molecular formula is C14H15N3O3S. The molecule has 0 fully saturated rings. The Balaban J connectivity index is 2.04. The van der Waals surface area contributed by atoms with E-state index in [4.69, 9.17) is 4.74 Å². The van der Waals surface area contributed by atoms with Crippen molar-refractivity contribution >= 4 is 11.8 Å². The average molecular weight is 305 g/mol. The fourth-order valence-electron chi connectivity index (χ4n) is 2.37. The molecule has 6 nitrogen and oxygen atoms in total. The summed E-state index contributed by atoms with van der Waals surface area (Å²) in [6.07, 6.45) is 2.69. The predicted molar refractivity (Wildman–Crippen MR) is 80.3 cm³/mol. The number of hydrogen-bond donors (Lipinski definition) is 0. The maximum atomic E-state index is 12.3. The summed E-state index contributed by atoms with van der Waals surface area (Å²) >= 11 is 1.29. The minimum Gasteiger partial charge on any atom is -0.493 e. The zero-order chi connectivity index (χ0) is 15.0. The second-order valence-electron chi connectivity index (χ2n) is 4.85. The molecule has 21 heavy (non-hydrogen) atoms. The smallest absolute Gasteiger partial charge is 0.353 e. The van der Waals surface area contributed by atoms with Crippen molar-refractivity contribution in [1.29, 1.82) is 0 Å². The molecule has 0 saturated carbocycles. The molecule has 0 aliphatic carbocycles. The molecular weight excluding hydrogens is 290 g/mol. The summed E-state index contributed by atoms with van der Waals surface area (Å²) in [5, 5.41) is 0.430. The van der Waals surface area contributed by atoms with Gasteiger partial charge < -0.3 is 4.74 Å². The molecule has 1 aliphatic rings. The highest BCUT2D eigenvalue weighted by molar-refractivity contribution is 7.98. The Morgan fingerprint density at radius 1 is 1.38 bits per heavy atom. The van der Waals surface area contributed by atoms with E-state index in [1.54, 1.807) is 6.26 Å². The van der Waals surface area contributed by atoms with Gasteiger partial charge in [0.15, 0.2) is 5.16 Å². The Hall–Kier alpha value is -2.02. The highest BCUT2D eigenvalue weighted by Gasteiger charge is 2.14. The summed E-state index contributed by atoms with van der Waals surface area (Å²) in [6, 6.07) is 5.91. The van der Waals surface area contributed by atoms with E-state index in [9.17, 15) is 9.59 Å². The van der Waals surface area contributed by atoms with Crippen LogP contribution < -0.4 is 16.1 Å². The summed E-state index contributed by atoms with van der Waals surface area (Å²) < 4.78 is 8.02. The molecule has 0 unspecified atom stereocenters. The van der Waals surface area contributed by atoms with Crippen LogP contribution in [-0.4, -0.2) is 27.0 Å². The van der Waals surface area contributed by atoms with Crippen molar-refractivity contribution < 1.29 is 4.74 Å². The molecule has 1 aliphatic heterocycles. The molecule has 7 heteroatoms. The van der Waals surface area contributed by atoms with E-state index in [0.717, 1.165) is 27.9 Å². The topological polar surface area (TPSA) is 66.1 Å². The number of nitrogens with zero attached hydrogens (tertiary/aromatic N) is 3. The van der Waals surface area contributed by atoms with Gasteiger partial charge >= 0.3 is 11.4 Å². The number of benzene rings is 1. The van der Waals surface area contributed by atoms with Crippen LogP contribution in [0, 0.1) is 0 Å². The van der Waals surface area contributed by atoms with E-state index in [1.807, 2.05) is 18.2 Å². The zero-order valence-corrected chi connectivity index (χ0v) is 12.6. The Bertz CT molecular complexity index is 810. The van der Waals surface area contributed by atoms with Gasteiger partial charge in [0.05, 0.1) is 13.2 Å². The van der Waals surface area contributed by atoms with Gasteiger partial charge in [-0.2, -0.15) is 4.98 Å². The molecule has 0 amide bonds.